The average Bonchev–Trinajstić information content (AvgIpc) is 3.54. The number of H-pyrrole nitrogens is 1. The lowest BCUT2D eigenvalue weighted by Crippen LogP contribution is -2.30. The number of aromatic amines is 1. The van der Waals surface area contributed by atoms with Crippen LogP contribution in [0, 0.1) is 0 Å². The first kappa shape index (κ1) is 22.7. The average molecular weight is 490 g/mol. The Balaban J connectivity index is 1.49. The van der Waals surface area contributed by atoms with E-state index in [2.05, 4.69) is 15.1 Å². The predicted octanol–water partition coefficient (Wildman–Crippen LogP) is 2.98. The minimum Gasteiger partial charge on any atom is -0.495 e. The fraction of sp³-hybridized carbons (Fsp3) is 0.385. The molecule has 0 bridgehead atoms. The molecule has 0 aliphatic carbocycles. The van der Waals surface area contributed by atoms with Crippen molar-refractivity contribution in [3.63, 3.8) is 0 Å². The Morgan fingerprint density at radius 1 is 1.17 bits per heavy atom. The molecule has 186 valence electrons. The van der Waals surface area contributed by atoms with Crippen molar-refractivity contribution in [3.05, 3.63) is 57.6 Å². The van der Waals surface area contributed by atoms with E-state index in [0.717, 1.165) is 34.9 Å². The number of aromatic nitrogens is 4. The number of nitrogens with one attached hydrogen (secondary N) is 1. The highest BCUT2D eigenvalue weighted by atomic mass is 16.5. The Morgan fingerprint density at radius 3 is 2.78 bits per heavy atom. The molecule has 0 radical (unpaired) electrons. The van der Waals surface area contributed by atoms with Crippen LogP contribution in [0.2, 0.25) is 0 Å². The zero-order chi connectivity index (χ0) is 24.8. The number of amides is 1. The number of pyridine rings is 2. The van der Waals surface area contributed by atoms with E-state index in [4.69, 9.17) is 14.2 Å². The number of methoxy groups -OCH3 is 2. The fourth-order valence-corrected chi connectivity index (χ4v) is 5.31. The van der Waals surface area contributed by atoms with Gasteiger partial charge in [0.15, 0.2) is 0 Å². The summed E-state index contributed by atoms with van der Waals surface area (Å²) in [5.41, 5.74) is 3.32. The van der Waals surface area contributed by atoms with Gasteiger partial charge in [-0.2, -0.15) is 5.10 Å². The topological polar surface area (TPSA) is 112 Å². The van der Waals surface area contributed by atoms with Gasteiger partial charge in [0.2, 0.25) is 0 Å². The van der Waals surface area contributed by atoms with Gasteiger partial charge >= 0.3 is 0 Å². The number of anilines is 1. The molecule has 1 saturated heterocycles. The van der Waals surface area contributed by atoms with Gasteiger partial charge < -0.3 is 19.2 Å². The second-order valence-corrected chi connectivity index (χ2v) is 9.20. The third-order valence-electron chi connectivity index (χ3n) is 7.11. The molecule has 10 heteroatoms. The second-order valence-electron chi connectivity index (χ2n) is 9.20. The number of carbonyl (C=O) groups is 1. The molecule has 5 heterocycles. The summed E-state index contributed by atoms with van der Waals surface area (Å²) in [6, 6.07) is 5.77. The van der Waals surface area contributed by atoms with Crippen LogP contribution in [0.4, 0.5) is 5.82 Å². The van der Waals surface area contributed by atoms with Crippen molar-refractivity contribution in [1.82, 2.24) is 19.7 Å². The van der Waals surface area contributed by atoms with Gasteiger partial charge in [-0.05, 0) is 43.0 Å². The van der Waals surface area contributed by atoms with Crippen LogP contribution < -0.4 is 15.2 Å². The van der Waals surface area contributed by atoms with Crippen LogP contribution in [0.5, 0.6) is 5.75 Å². The Labute approximate surface area is 206 Å². The van der Waals surface area contributed by atoms with Crippen molar-refractivity contribution in [3.8, 4) is 5.75 Å². The molecule has 0 saturated carbocycles. The molecular weight excluding hydrogens is 462 g/mol. The second kappa shape index (κ2) is 9.03. The Kier molecular flexibility index (Phi) is 5.69. The normalized spacial score (nSPS) is 16.1. The lowest BCUT2D eigenvalue weighted by molar-refractivity contribution is 0.0675. The van der Waals surface area contributed by atoms with Crippen LogP contribution in [-0.4, -0.2) is 59.6 Å². The van der Waals surface area contributed by atoms with Crippen molar-refractivity contribution in [2.45, 2.75) is 31.9 Å². The number of hydrogen-bond donors (Lipinski definition) is 1. The van der Waals surface area contributed by atoms with Crippen LogP contribution in [0.25, 0.3) is 21.8 Å². The number of ether oxygens (including phenoxy) is 3. The quantitative estimate of drug-likeness (QED) is 0.459. The van der Waals surface area contributed by atoms with Crippen molar-refractivity contribution in [1.29, 1.82) is 0 Å². The van der Waals surface area contributed by atoms with Crippen LogP contribution in [0.1, 0.15) is 40.4 Å². The lowest BCUT2D eigenvalue weighted by atomic mass is 10.0. The molecule has 1 N–H and O–H groups in total. The highest BCUT2D eigenvalue weighted by molar-refractivity contribution is 6.11. The molecule has 6 rings (SSSR count). The Bertz CT molecular complexity index is 1540. The maximum atomic E-state index is 13.8. The van der Waals surface area contributed by atoms with E-state index in [1.807, 2.05) is 16.8 Å². The number of fused-ring (bicyclic) bond motifs is 4. The Hall–Kier alpha value is -3.76. The van der Waals surface area contributed by atoms with E-state index < -0.39 is 0 Å². The van der Waals surface area contributed by atoms with E-state index in [0.29, 0.717) is 54.2 Å². The third-order valence-corrected chi connectivity index (χ3v) is 7.11. The van der Waals surface area contributed by atoms with Crippen LogP contribution in [0.15, 0.2) is 35.4 Å². The van der Waals surface area contributed by atoms with Crippen molar-refractivity contribution in [2.24, 2.45) is 0 Å². The van der Waals surface area contributed by atoms with Gasteiger partial charge in [-0.25, -0.2) is 4.98 Å². The van der Waals surface area contributed by atoms with Crippen LogP contribution >= 0.6 is 0 Å². The molecule has 0 spiro atoms. The molecule has 3 aromatic heterocycles. The molecule has 1 fully saturated rings. The van der Waals surface area contributed by atoms with E-state index in [1.54, 1.807) is 37.6 Å². The largest absolute Gasteiger partial charge is 0.495 e. The minimum absolute atomic E-state index is 0.151. The Morgan fingerprint density at radius 2 is 2.00 bits per heavy atom. The molecule has 1 amide bonds. The fourth-order valence-electron chi connectivity index (χ4n) is 5.31. The van der Waals surface area contributed by atoms with Crippen molar-refractivity contribution in [2.75, 3.05) is 38.9 Å². The van der Waals surface area contributed by atoms with Crippen molar-refractivity contribution >= 4 is 33.5 Å². The molecule has 10 nitrogen and oxygen atoms in total. The maximum Gasteiger partial charge on any atom is 0.259 e. The van der Waals surface area contributed by atoms with E-state index in [1.165, 1.54) is 0 Å². The summed E-state index contributed by atoms with van der Waals surface area (Å²) < 4.78 is 18.2. The summed E-state index contributed by atoms with van der Waals surface area (Å²) in [6.45, 7) is 2.10. The summed E-state index contributed by atoms with van der Waals surface area (Å²) in [6.07, 6.45) is 5.60. The zero-order valence-electron chi connectivity index (χ0n) is 20.2. The molecule has 0 unspecified atom stereocenters. The van der Waals surface area contributed by atoms with Gasteiger partial charge in [-0.15, -0.1) is 0 Å². The summed E-state index contributed by atoms with van der Waals surface area (Å²) in [5, 5.41) is 5.95. The number of benzene rings is 1. The van der Waals surface area contributed by atoms with Gasteiger partial charge in [-0.1, -0.05) is 0 Å². The SMILES string of the molecule is COCc1cc2c(cc1C(=O)N1CCc3cc(OC)cnc31)[nH]c(=O)c1cnn(C3CCOCC3)c12. The molecule has 36 heavy (non-hydrogen) atoms. The molecule has 1 aromatic carbocycles. The van der Waals surface area contributed by atoms with Crippen LogP contribution in [-0.2, 0) is 22.5 Å². The summed E-state index contributed by atoms with van der Waals surface area (Å²) >= 11 is 0. The number of hydrogen-bond acceptors (Lipinski definition) is 7. The first-order valence-corrected chi connectivity index (χ1v) is 12.1. The van der Waals surface area contributed by atoms with Gasteiger partial charge in [0.05, 0.1) is 48.6 Å². The maximum absolute atomic E-state index is 13.8. The van der Waals surface area contributed by atoms with Gasteiger partial charge in [0.1, 0.15) is 11.6 Å². The molecule has 0 atom stereocenters. The van der Waals surface area contributed by atoms with Gasteiger partial charge in [0.25, 0.3) is 11.5 Å². The van der Waals surface area contributed by atoms with E-state index in [9.17, 15) is 9.59 Å². The molecular formula is C26H27N5O5. The summed E-state index contributed by atoms with van der Waals surface area (Å²) in [4.78, 5) is 35.9. The highest BCUT2D eigenvalue weighted by Gasteiger charge is 2.30. The first-order chi connectivity index (χ1) is 17.6. The van der Waals surface area contributed by atoms with Crippen LogP contribution in [0.3, 0.4) is 0 Å². The highest BCUT2D eigenvalue weighted by Crippen LogP contribution is 2.33. The number of carbonyl (C=O) groups excluding carboxylic acids is 1. The lowest BCUT2D eigenvalue weighted by Gasteiger charge is -2.23. The van der Waals surface area contributed by atoms with E-state index >= 15 is 0 Å². The molecule has 2 aliphatic heterocycles. The molecule has 2 aliphatic rings. The predicted molar refractivity (Wildman–Crippen MR) is 134 cm³/mol. The zero-order valence-corrected chi connectivity index (χ0v) is 20.2. The minimum atomic E-state index is -0.228. The summed E-state index contributed by atoms with van der Waals surface area (Å²) in [5.74, 6) is 1.11. The number of rotatable bonds is 5. The van der Waals surface area contributed by atoms with Gasteiger partial charge in [-0.3, -0.25) is 19.2 Å². The summed E-state index contributed by atoms with van der Waals surface area (Å²) in [7, 11) is 3.20. The number of nitrogens with zero attached hydrogens (tertiary/aromatic N) is 4. The molecule has 4 aromatic rings. The van der Waals surface area contributed by atoms with Crippen molar-refractivity contribution < 1.29 is 19.0 Å². The first-order valence-electron chi connectivity index (χ1n) is 12.1. The monoisotopic (exact) mass is 489 g/mol. The third kappa shape index (κ3) is 3.64. The smallest absolute Gasteiger partial charge is 0.259 e. The van der Waals surface area contributed by atoms with E-state index in [-0.39, 0.29) is 24.1 Å². The van der Waals surface area contributed by atoms with Gasteiger partial charge in [0, 0.05) is 43.4 Å². The standard InChI is InChI=1S/C26H27N5O5/c1-34-14-16-10-20-22(29-25(32)21-13-28-31(23(20)21)17-4-7-36-8-5-17)11-19(16)26(33)30-6-3-15-9-18(35-2)12-27-24(15)30/h9-13,17H,3-8,14H2,1-2H3,(H,29,32).